The summed E-state index contributed by atoms with van der Waals surface area (Å²) >= 11 is 0. The molecule has 0 aliphatic carbocycles. The maximum atomic E-state index is 10.9. The summed E-state index contributed by atoms with van der Waals surface area (Å²) in [6.07, 6.45) is 0.756. The van der Waals surface area contributed by atoms with E-state index in [1.807, 2.05) is 60.7 Å². The molecule has 20 heavy (non-hydrogen) atoms. The van der Waals surface area contributed by atoms with Crippen molar-refractivity contribution in [2.24, 2.45) is 0 Å². The van der Waals surface area contributed by atoms with Crippen LogP contribution in [0.5, 0.6) is 0 Å². The van der Waals surface area contributed by atoms with Gasteiger partial charge >= 0.3 is 5.97 Å². The van der Waals surface area contributed by atoms with Crippen LogP contribution in [0.25, 0.3) is 0 Å². The lowest BCUT2D eigenvalue weighted by atomic mass is 10.2. The van der Waals surface area contributed by atoms with Crippen molar-refractivity contribution in [1.82, 2.24) is 0 Å². The minimum Gasteiger partial charge on any atom is -0.481 e. The van der Waals surface area contributed by atoms with Crippen molar-refractivity contribution in [1.29, 1.82) is 0 Å². The molecule has 0 aromatic heterocycles. The fraction of sp³-hybridized carbons (Fsp3) is 0.188. The molecular formula is C16H17O3P. The van der Waals surface area contributed by atoms with Crippen LogP contribution < -0.4 is 0 Å². The lowest BCUT2D eigenvalue weighted by Gasteiger charge is -2.16. The molecule has 104 valence electrons. The van der Waals surface area contributed by atoms with Gasteiger partial charge in [0.2, 0.25) is 0 Å². The molecule has 2 rings (SSSR count). The molecule has 1 N–H and O–H groups in total. The van der Waals surface area contributed by atoms with Crippen LogP contribution in [-0.2, 0) is 22.1 Å². The summed E-state index contributed by atoms with van der Waals surface area (Å²) in [5.41, 5.74) is 2.19. The molecule has 0 radical (unpaired) electrons. The van der Waals surface area contributed by atoms with Crippen LogP contribution >= 0.6 is 8.15 Å². The fourth-order valence-electron chi connectivity index (χ4n) is 1.83. The second-order valence-corrected chi connectivity index (χ2v) is 6.29. The quantitative estimate of drug-likeness (QED) is 0.786. The normalized spacial score (nSPS) is 12.0. The minimum absolute atomic E-state index is 0.0804. The van der Waals surface area contributed by atoms with Gasteiger partial charge in [0.1, 0.15) is 0 Å². The highest BCUT2D eigenvalue weighted by molar-refractivity contribution is 7.52. The summed E-state index contributed by atoms with van der Waals surface area (Å²) in [5.74, 6) is -0.805. The van der Waals surface area contributed by atoms with Crippen molar-refractivity contribution in [3.05, 3.63) is 71.8 Å². The Morgan fingerprint density at radius 3 is 2.05 bits per heavy atom. The number of hydrogen-bond donors (Lipinski definition) is 1. The predicted molar refractivity (Wildman–Crippen MR) is 80.8 cm³/mol. The monoisotopic (exact) mass is 288 g/mol. The van der Waals surface area contributed by atoms with Gasteiger partial charge in [0.05, 0.1) is 12.8 Å². The van der Waals surface area contributed by atoms with Crippen molar-refractivity contribution in [3.63, 3.8) is 0 Å². The highest BCUT2D eigenvalue weighted by Gasteiger charge is 2.14. The molecule has 0 amide bonds. The molecule has 0 saturated carbocycles. The van der Waals surface area contributed by atoms with Gasteiger partial charge in [-0.25, -0.2) is 0 Å². The number of carboxylic acid groups (broad SMARTS) is 1. The summed E-state index contributed by atoms with van der Waals surface area (Å²) in [6, 6.07) is 19.7. The lowest BCUT2D eigenvalue weighted by molar-refractivity contribution is -0.134. The molecule has 0 fully saturated rings. The highest BCUT2D eigenvalue weighted by Crippen LogP contribution is 2.41. The molecule has 4 heteroatoms. The van der Waals surface area contributed by atoms with Gasteiger partial charge in [-0.2, -0.15) is 0 Å². The standard InChI is InChI=1S/C16H17O3P/c17-16(18)13-20(12-15-9-5-2-6-10-15)19-11-14-7-3-1-4-8-14/h1-10H,11-13H2,(H,17,18). The van der Waals surface area contributed by atoms with Crippen LogP contribution in [0.3, 0.4) is 0 Å². The van der Waals surface area contributed by atoms with Crippen LogP contribution in [0.15, 0.2) is 60.7 Å². The molecule has 1 unspecified atom stereocenters. The van der Waals surface area contributed by atoms with Crippen LogP contribution in [0.1, 0.15) is 11.1 Å². The number of carboxylic acids is 1. The van der Waals surface area contributed by atoms with Gasteiger partial charge < -0.3 is 9.63 Å². The zero-order valence-electron chi connectivity index (χ0n) is 11.1. The predicted octanol–water partition coefficient (Wildman–Crippen LogP) is 3.88. The Hall–Kier alpha value is -1.70. The SMILES string of the molecule is O=C(O)CP(Cc1ccccc1)OCc1ccccc1. The van der Waals surface area contributed by atoms with Crippen molar-refractivity contribution in [2.45, 2.75) is 12.8 Å². The second kappa shape index (κ2) is 7.78. The van der Waals surface area contributed by atoms with Gasteiger partial charge in [-0.1, -0.05) is 60.7 Å². The maximum Gasteiger partial charge on any atom is 0.310 e. The average Bonchev–Trinajstić information content (AvgIpc) is 2.46. The second-order valence-electron chi connectivity index (χ2n) is 4.44. The summed E-state index contributed by atoms with van der Waals surface area (Å²) in [5, 5.41) is 9.00. The third-order valence-electron chi connectivity index (χ3n) is 2.77. The number of hydrogen-bond acceptors (Lipinski definition) is 2. The van der Waals surface area contributed by atoms with Gasteiger partial charge in [0, 0.05) is 14.3 Å². The van der Waals surface area contributed by atoms with Crippen molar-refractivity contribution in [2.75, 3.05) is 6.16 Å². The first-order chi connectivity index (χ1) is 9.74. The summed E-state index contributed by atoms with van der Waals surface area (Å²) < 4.78 is 5.83. The molecule has 2 aromatic rings. The topological polar surface area (TPSA) is 46.5 Å². The van der Waals surface area contributed by atoms with E-state index in [2.05, 4.69) is 0 Å². The van der Waals surface area contributed by atoms with Gasteiger partial charge in [-0.05, 0) is 11.1 Å². The number of benzene rings is 2. The van der Waals surface area contributed by atoms with E-state index >= 15 is 0 Å². The summed E-state index contributed by atoms with van der Waals surface area (Å²) in [4.78, 5) is 10.9. The zero-order chi connectivity index (χ0) is 14.2. The van der Waals surface area contributed by atoms with E-state index in [4.69, 9.17) is 9.63 Å². The molecular weight excluding hydrogens is 271 g/mol. The minimum atomic E-state index is -1.000. The Morgan fingerprint density at radius 2 is 1.50 bits per heavy atom. The van der Waals surface area contributed by atoms with E-state index in [1.54, 1.807) is 0 Å². The Balaban J connectivity index is 1.95. The molecule has 3 nitrogen and oxygen atoms in total. The first-order valence-electron chi connectivity index (χ1n) is 6.41. The fourth-order valence-corrected chi connectivity index (χ4v) is 3.37. The largest absolute Gasteiger partial charge is 0.481 e. The Bertz CT molecular complexity index is 528. The van der Waals surface area contributed by atoms with E-state index in [0.29, 0.717) is 12.8 Å². The average molecular weight is 288 g/mol. The number of carbonyl (C=O) groups is 1. The first-order valence-corrected chi connectivity index (χ1v) is 8.04. The number of aliphatic carboxylic acids is 1. The van der Waals surface area contributed by atoms with Crippen molar-refractivity contribution in [3.8, 4) is 0 Å². The lowest BCUT2D eigenvalue weighted by Crippen LogP contribution is -2.04. The first kappa shape index (κ1) is 14.7. The van der Waals surface area contributed by atoms with Crippen LogP contribution in [0, 0.1) is 0 Å². The highest BCUT2D eigenvalue weighted by atomic mass is 31.1. The summed E-state index contributed by atoms with van der Waals surface area (Å²) in [7, 11) is -1.000. The molecule has 0 heterocycles. The van der Waals surface area contributed by atoms with Gasteiger partial charge in [-0.15, -0.1) is 0 Å². The van der Waals surface area contributed by atoms with Crippen LogP contribution in [0.4, 0.5) is 0 Å². The van der Waals surface area contributed by atoms with Gasteiger partial charge in [-0.3, -0.25) is 4.79 Å². The van der Waals surface area contributed by atoms with E-state index < -0.39 is 14.1 Å². The number of rotatable bonds is 7. The maximum absolute atomic E-state index is 10.9. The van der Waals surface area contributed by atoms with Gasteiger partial charge in [0.15, 0.2) is 0 Å². The molecule has 0 aliphatic heterocycles. The van der Waals surface area contributed by atoms with E-state index in [-0.39, 0.29) is 6.16 Å². The summed E-state index contributed by atoms with van der Waals surface area (Å²) in [6.45, 7) is 0.465. The van der Waals surface area contributed by atoms with Crippen molar-refractivity contribution < 1.29 is 14.4 Å². The van der Waals surface area contributed by atoms with E-state index in [0.717, 1.165) is 11.1 Å². The van der Waals surface area contributed by atoms with Crippen molar-refractivity contribution >= 4 is 14.1 Å². The van der Waals surface area contributed by atoms with E-state index in [1.165, 1.54) is 0 Å². The zero-order valence-corrected chi connectivity index (χ0v) is 12.0. The molecule has 2 aromatic carbocycles. The molecule has 0 spiro atoms. The van der Waals surface area contributed by atoms with Crippen LogP contribution in [0.2, 0.25) is 0 Å². The third-order valence-corrected chi connectivity index (χ3v) is 4.61. The molecule has 1 atom stereocenters. The molecule has 0 aliphatic rings. The van der Waals surface area contributed by atoms with Gasteiger partial charge in [0.25, 0.3) is 0 Å². The Labute approximate surface area is 120 Å². The Kier molecular flexibility index (Phi) is 5.72. The van der Waals surface area contributed by atoms with Crippen LogP contribution in [-0.4, -0.2) is 17.2 Å². The Morgan fingerprint density at radius 1 is 0.950 bits per heavy atom. The van der Waals surface area contributed by atoms with E-state index in [9.17, 15) is 4.79 Å². The molecule has 0 saturated heterocycles. The molecule has 0 bridgehead atoms. The smallest absolute Gasteiger partial charge is 0.310 e. The third kappa shape index (κ3) is 5.12.